The Kier molecular flexibility index (Phi) is 5.44. The molecule has 0 N–H and O–H groups in total. The lowest BCUT2D eigenvalue weighted by atomic mass is 10.0. The van der Waals surface area contributed by atoms with Crippen LogP contribution in [0.3, 0.4) is 0 Å². The summed E-state index contributed by atoms with van der Waals surface area (Å²) in [4.78, 5) is 23.3. The van der Waals surface area contributed by atoms with Gasteiger partial charge in [-0.05, 0) is 42.5 Å². The first kappa shape index (κ1) is 17.4. The summed E-state index contributed by atoms with van der Waals surface area (Å²) >= 11 is 0. The van der Waals surface area contributed by atoms with Crippen LogP contribution in [0.15, 0.2) is 72.8 Å². The normalized spacial score (nSPS) is 10.2. The maximum absolute atomic E-state index is 12.4. The standard InChI is InChI=1S/C22H18O4/c1-25-21-12-7-16(14-23)13-19(21)15-26-20-10-8-18(9-11-20)22(24)17-5-3-2-4-6-17/h2-14H,15H2,1H3. The molecule has 0 aliphatic rings. The summed E-state index contributed by atoms with van der Waals surface area (Å²) in [5.74, 6) is 1.26. The number of methoxy groups -OCH3 is 1. The fraction of sp³-hybridized carbons (Fsp3) is 0.0909. The van der Waals surface area contributed by atoms with Crippen LogP contribution in [0.2, 0.25) is 0 Å². The third kappa shape index (κ3) is 3.98. The van der Waals surface area contributed by atoms with Crippen LogP contribution >= 0.6 is 0 Å². The molecule has 0 bridgehead atoms. The minimum absolute atomic E-state index is 0.0301. The number of ketones is 1. The molecule has 3 rings (SSSR count). The highest BCUT2D eigenvalue weighted by atomic mass is 16.5. The molecule has 0 saturated heterocycles. The van der Waals surface area contributed by atoms with E-state index >= 15 is 0 Å². The minimum atomic E-state index is -0.0301. The fourth-order valence-corrected chi connectivity index (χ4v) is 2.60. The predicted octanol–water partition coefficient (Wildman–Crippen LogP) is 4.32. The van der Waals surface area contributed by atoms with Crippen LogP contribution in [0.25, 0.3) is 0 Å². The van der Waals surface area contributed by atoms with Crippen molar-refractivity contribution in [1.82, 2.24) is 0 Å². The van der Waals surface area contributed by atoms with Crippen molar-refractivity contribution < 1.29 is 19.1 Å². The van der Waals surface area contributed by atoms with Gasteiger partial charge in [0.2, 0.25) is 0 Å². The van der Waals surface area contributed by atoms with E-state index in [1.54, 1.807) is 61.7 Å². The number of carbonyl (C=O) groups excluding carboxylic acids is 2. The first-order valence-corrected chi connectivity index (χ1v) is 8.16. The van der Waals surface area contributed by atoms with E-state index in [9.17, 15) is 9.59 Å². The van der Waals surface area contributed by atoms with Crippen molar-refractivity contribution >= 4 is 12.1 Å². The molecular formula is C22H18O4. The summed E-state index contributed by atoms with van der Waals surface area (Å²) < 4.78 is 11.1. The van der Waals surface area contributed by atoms with Crippen molar-refractivity contribution in [2.24, 2.45) is 0 Å². The lowest BCUT2D eigenvalue weighted by Gasteiger charge is -2.11. The molecule has 3 aromatic rings. The molecule has 130 valence electrons. The Morgan fingerprint density at radius 1 is 0.923 bits per heavy atom. The SMILES string of the molecule is COc1ccc(C=O)cc1COc1ccc(C(=O)c2ccccc2)cc1. The number of hydrogen-bond donors (Lipinski definition) is 0. The van der Waals surface area contributed by atoms with Gasteiger partial charge in [0.05, 0.1) is 7.11 Å². The number of hydrogen-bond acceptors (Lipinski definition) is 4. The van der Waals surface area contributed by atoms with Crippen molar-refractivity contribution in [1.29, 1.82) is 0 Å². The Hall–Kier alpha value is -3.40. The van der Waals surface area contributed by atoms with Crippen LogP contribution < -0.4 is 9.47 Å². The number of ether oxygens (including phenoxy) is 2. The van der Waals surface area contributed by atoms with Crippen molar-refractivity contribution in [2.75, 3.05) is 7.11 Å². The lowest BCUT2D eigenvalue weighted by molar-refractivity contribution is 0.103. The summed E-state index contributed by atoms with van der Waals surface area (Å²) in [6.07, 6.45) is 0.785. The molecule has 0 aliphatic carbocycles. The second-order valence-corrected chi connectivity index (χ2v) is 5.70. The molecule has 0 fully saturated rings. The molecule has 0 unspecified atom stereocenters. The van der Waals surface area contributed by atoms with Crippen LogP contribution in [0.1, 0.15) is 31.8 Å². The van der Waals surface area contributed by atoms with Gasteiger partial charge in [-0.15, -0.1) is 0 Å². The summed E-state index contributed by atoms with van der Waals surface area (Å²) in [5.41, 5.74) is 2.59. The van der Waals surface area contributed by atoms with E-state index in [2.05, 4.69) is 0 Å². The van der Waals surface area contributed by atoms with Crippen LogP contribution in [-0.4, -0.2) is 19.2 Å². The van der Waals surface area contributed by atoms with Crippen molar-refractivity contribution in [3.8, 4) is 11.5 Å². The Morgan fingerprint density at radius 3 is 2.27 bits per heavy atom. The van der Waals surface area contributed by atoms with E-state index in [4.69, 9.17) is 9.47 Å². The number of aldehydes is 1. The molecule has 0 radical (unpaired) electrons. The zero-order valence-electron chi connectivity index (χ0n) is 14.3. The van der Waals surface area contributed by atoms with Crippen LogP contribution in [0.4, 0.5) is 0 Å². The highest BCUT2D eigenvalue weighted by molar-refractivity contribution is 6.08. The molecule has 0 saturated carbocycles. The van der Waals surface area contributed by atoms with Crippen LogP contribution in [-0.2, 0) is 6.61 Å². The minimum Gasteiger partial charge on any atom is -0.496 e. The number of benzene rings is 3. The van der Waals surface area contributed by atoms with E-state index in [-0.39, 0.29) is 12.4 Å². The maximum atomic E-state index is 12.4. The van der Waals surface area contributed by atoms with Gasteiger partial charge in [-0.3, -0.25) is 9.59 Å². The van der Waals surface area contributed by atoms with E-state index in [0.717, 1.165) is 11.8 Å². The average Bonchev–Trinajstić information content (AvgIpc) is 2.72. The number of rotatable bonds is 7. The molecule has 0 atom stereocenters. The molecule has 4 nitrogen and oxygen atoms in total. The average molecular weight is 346 g/mol. The second-order valence-electron chi connectivity index (χ2n) is 5.70. The van der Waals surface area contributed by atoms with Gasteiger partial charge >= 0.3 is 0 Å². The smallest absolute Gasteiger partial charge is 0.193 e. The van der Waals surface area contributed by atoms with Gasteiger partial charge in [-0.1, -0.05) is 30.3 Å². The Morgan fingerprint density at radius 2 is 1.62 bits per heavy atom. The van der Waals surface area contributed by atoms with Gasteiger partial charge in [-0.25, -0.2) is 0 Å². The number of carbonyl (C=O) groups is 2. The highest BCUT2D eigenvalue weighted by Gasteiger charge is 2.09. The van der Waals surface area contributed by atoms with Gasteiger partial charge in [0.15, 0.2) is 5.78 Å². The fourth-order valence-electron chi connectivity index (χ4n) is 2.60. The predicted molar refractivity (Wildman–Crippen MR) is 99.0 cm³/mol. The van der Waals surface area contributed by atoms with Gasteiger partial charge in [0, 0.05) is 22.3 Å². The van der Waals surface area contributed by atoms with Gasteiger partial charge < -0.3 is 9.47 Å². The zero-order valence-corrected chi connectivity index (χ0v) is 14.3. The van der Waals surface area contributed by atoms with Crippen LogP contribution in [0, 0.1) is 0 Å². The topological polar surface area (TPSA) is 52.6 Å². The molecule has 0 amide bonds. The monoisotopic (exact) mass is 346 g/mol. The Labute approximate surface area is 152 Å². The molecule has 3 aromatic carbocycles. The van der Waals surface area contributed by atoms with Gasteiger partial charge in [0.25, 0.3) is 0 Å². The van der Waals surface area contributed by atoms with Crippen molar-refractivity contribution in [2.45, 2.75) is 6.61 Å². The quantitative estimate of drug-likeness (QED) is 0.472. The van der Waals surface area contributed by atoms with Crippen LogP contribution in [0.5, 0.6) is 11.5 Å². The largest absolute Gasteiger partial charge is 0.496 e. The van der Waals surface area contributed by atoms with E-state index in [1.807, 2.05) is 18.2 Å². The summed E-state index contributed by atoms with van der Waals surface area (Å²) in [6.45, 7) is 0.261. The summed E-state index contributed by atoms with van der Waals surface area (Å²) in [5, 5.41) is 0. The van der Waals surface area contributed by atoms with E-state index in [1.165, 1.54) is 0 Å². The molecule has 0 spiro atoms. The molecule has 26 heavy (non-hydrogen) atoms. The maximum Gasteiger partial charge on any atom is 0.193 e. The van der Waals surface area contributed by atoms with Crippen molar-refractivity contribution in [3.63, 3.8) is 0 Å². The highest BCUT2D eigenvalue weighted by Crippen LogP contribution is 2.22. The first-order valence-electron chi connectivity index (χ1n) is 8.16. The van der Waals surface area contributed by atoms with Gasteiger partial charge in [-0.2, -0.15) is 0 Å². The third-order valence-electron chi connectivity index (χ3n) is 3.99. The lowest BCUT2D eigenvalue weighted by Crippen LogP contribution is -2.02. The van der Waals surface area contributed by atoms with Gasteiger partial charge in [0.1, 0.15) is 24.4 Å². The Balaban J connectivity index is 1.70. The first-order chi connectivity index (χ1) is 12.7. The second kappa shape index (κ2) is 8.12. The van der Waals surface area contributed by atoms with E-state index < -0.39 is 0 Å². The van der Waals surface area contributed by atoms with Crippen molar-refractivity contribution in [3.05, 3.63) is 95.1 Å². The molecule has 4 heteroatoms. The van der Waals surface area contributed by atoms with E-state index in [0.29, 0.717) is 28.2 Å². The summed E-state index contributed by atoms with van der Waals surface area (Å²) in [7, 11) is 1.57. The molecular weight excluding hydrogens is 328 g/mol. The summed E-state index contributed by atoms with van der Waals surface area (Å²) in [6, 6.07) is 21.3. The third-order valence-corrected chi connectivity index (χ3v) is 3.99. The zero-order chi connectivity index (χ0) is 18.4. The molecule has 0 aromatic heterocycles. The Bertz CT molecular complexity index is 899. The molecule has 0 heterocycles. The molecule has 0 aliphatic heterocycles.